The topological polar surface area (TPSA) is 43.1 Å². The molecule has 0 fully saturated rings. The number of nitro benzene ring substituents is 1. The van der Waals surface area contributed by atoms with Gasteiger partial charge in [-0.1, -0.05) is 24.3 Å². The fourth-order valence-corrected chi connectivity index (χ4v) is 1.99. The Kier molecular flexibility index (Phi) is 3.44. The Morgan fingerprint density at radius 3 is 2.35 bits per heavy atom. The van der Waals surface area contributed by atoms with E-state index in [1.165, 1.54) is 11.0 Å². The molecule has 2 aromatic carbocycles. The first-order chi connectivity index (χ1) is 8.20. The molecule has 0 saturated carbocycles. The van der Waals surface area contributed by atoms with Crippen LogP contribution in [0.25, 0.3) is 11.1 Å². The maximum atomic E-state index is 10.7. The van der Waals surface area contributed by atoms with Crippen LogP contribution in [0.1, 0.15) is 0 Å². The summed E-state index contributed by atoms with van der Waals surface area (Å²) in [6, 6.07) is 14.7. The van der Waals surface area contributed by atoms with Gasteiger partial charge < -0.3 is 0 Å². The van der Waals surface area contributed by atoms with Crippen LogP contribution in [0.2, 0.25) is 0 Å². The van der Waals surface area contributed by atoms with Gasteiger partial charge in [-0.2, -0.15) is 0 Å². The van der Waals surface area contributed by atoms with Crippen molar-refractivity contribution >= 4 is 17.4 Å². The van der Waals surface area contributed by atoms with Gasteiger partial charge >= 0.3 is 0 Å². The molecule has 0 heterocycles. The lowest BCUT2D eigenvalue weighted by Gasteiger charge is -2.02. The molecule has 0 radical (unpaired) electrons. The quantitative estimate of drug-likeness (QED) is 0.466. The fourth-order valence-electron chi connectivity index (χ4n) is 1.58. The van der Waals surface area contributed by atoms with Crippen molar-refractivity contribution in [1.29, 1.82) is 0 Å². The number of rotatable bonds is 3. The Labute approximate surface area is 104 Å². The fraction of sp³-hybridized carbons (Fsp3) is 0.0769. The Morgan fingerprint density at radius 1 is 1.06 bits per heavy atom. The van der Waals surface area contributed by atoms with Crippen molar-refractivity contribution in [2.75, 3.05) is 6.26 Å². The highest BCUT2D eigenvalue weighted by molar-refractivity contribution is 7.98. The molecule has 0 saturated heterocycles. The summed E-state index contributed by atoms with van der Waals surface area (Å²) in [5.74, 6) is 0. The van der Waals surface area contributed by atoms with Gasteiger partial charge in [-0.25, -0.2) is 0 Å². The summed E-state index contributed by atoms with van der Waals surface area (Å²) in [6.07, 6.45) is 2.02. The summed E-state index contributed by atoms with van der Waals surface area (Å²) in [4.78, 5) is 11.5. The van der Waals surface area contributed by atoms with Gasteiger partial charge in [-0.05, 0) is 29.5 Å². The number of nitro groups is 1. The van der Waals surface area contributed by atoms with E-state index < -0.39 is 0 Å². The van der Waals surface area contributed by atoms with Gasteiger partial charge in [0, 0.05) is 17.0 Å². The average molecular weight is 245 g/mol. The van der Waals surface area contributed by atoms with E-state index in [2.05, 4.69) is 0 Å². The van der Waals surface area contributed by atoms with Crippen LogP contribution in [0.5, 0.6) is 0 Å². The van der Waals surface area contributed by atoms with Crippen LogP contribution >= 0.6 is 11.8 Å². The number of hydrogen-bond acceptors (Lipinski definition) is 3. The summed E-state index contributed by atoms with van der Waals surface area (Å²) in [6.45, 7) is 0. The van der Waals surface area contributed by atoms with Gasteiger partial charge in [0.25, 0.3) is 5.69 Å². The predicted molar refractivity (Wildman–Crippen MR) is 70.3 cm³/mol. The monoisotopic (exact) mass is 245 g/mol. The van der Waals surface area contributed by atoms with E-state index >= 15 is 0 Å². The van der Waals surface area contributed by atoms with Crippen molar-refractivity contribution in [3.63, 3.8) is 0 Å². The average Bonchev–Trinajstić information content (AvgIpc) is 2.39. The van der Waals surface area contributed by atoms with Crippen molar-refractivity contribution in [2.24, 2.45) is 0 Å². The van der Waals surface area contributed by atoms with Crippen LogP contribution in [0.15, 0.2) is 53.4 Å². The second-order valence-electron chi connectivity index (χ2n) is 3.54. The summed E-state index contributed by atoms with van der Waals surface area (Å²) in [5.41, 5.74) is 1.98. The molecule has 0 unspecified atom stereocenters. The molecule has 2 rings (SSSR count). The summed E-state index contributed by atoms with van der Waals surface area (Å²) in [5, 5.41) is 10.7. The van der Waals surface area contributed by atoms with Crippen molar-refractivity contribution in [2.45, 2.75) is 4.90 Å². The van der Waals surface area contributed by atoms with E-state index in [1.54, 1.807) is 23.9 Å². The van der Waals surface area contributed by atoms with Crippen LogP contribution in [0.4, 0.5) is 5.69 Å². The molecule has 86 valence electrons. The molecule has 2 aromatic rings. The maximum absolute atomic E-state index is 10.7. The van der Waals surface area contributed by atoms with E-state index in [9.17, 15) is 10.1 Å². The molecule has 0 N–H and O–H groups in total. The smallest absolute Gasteiger partial charge is 0.258 e. The third kappa shape index (κ3) is 2.65. The molecule has 0 aliphatic heterocycles. The number of nitrogens with zero attached hydrogens (tertiary/aromatic N) is 1. The summed E-state index contributed by atoms with van der Waals surface area (Å²) < 4.78 is 0. The first-order valence-corrected chi connectivity index (χ1v) is 6.32. The van der Waals surface area contributed by atoms with Gasteiger partial charge in [-0.15, -0.1) is 11.8 Å². The number of benzene rings is 2. The second kappa shape index (κ2) is 5.01. The van der Waals surface area contributed by atoms with E-state index in [4.69, 9.17) is 0 Å². The predicted octanol–water partition coefficient (Wildman–Crippen LogP) is 3.98. The lowest BCUT2D eigenvalue weighted by Crippen LogP contribution is -1.87. The third-order valence-corrected chi connectivity index (χ3v) is 3.22. The van der Waals surface area contributed by atoms with E-state index in [0.717, 1.165) is 11.1 Å². The Hall–Kier alpha value is -1.81. The van der Waals surface area contributed by atoms with Crippen molar-refractivity contribution in [1.82, 2.24) is 0 Å². The molecule has 0 atom stereocenters. The molecule has 0 spiro atoms. The molecule has 17 heavy (non-hydrogen) atoms. The van der Waals surface area contributed by atoms with Crippen LogP contribution in [0.3, 0.4) is 0 Å². The minimum Gasteiger partial charge on any atom is -0.258 e. The molecule has 0 aromatic heterocycles. The molecular formula is C13H11NO2S. The largest absolute Gasteiger partial charge is 0.270 e. The van der Waals surface area contributed by atoms with E-state index in [-0.39, 0.29) is 10.6 Å². The minimum atomic E-state index is -0.375. The first-order valence-electron chi connectivity index (χ1n) is 5.09. The molecule has 0 amide bonds. The lowest BCUT2D eigenvalue weighted by molar-refractivity contribution is -0.384. The SMILES string of the molecule is CSc1ccc(-c2cccc([N+](=O)[O-])c2)cc1. The van der Waals surface area contributed by atoms with Crippen LogP contribution in [-0.2, 0) is 0 Å². The van der Waals surface area contributed by atoms with Crippen molar-refractivity contribution < 1.29 is 4.92 Å². The number of non-ortho nitro benzene ring substituents is 1. The van der Waals surface area contributed by atoms with E-state index in [1.807, 2.05) is 36.6 Å². The zero-order valence-electron chi connectivity index (χ0n) is 9.29. The summed E-state index contributed by atoms with van der Waals surface area (Å²) in [7, 11) is 0. The number of hydrogen-bond donors (Lipinski definition) is 0. The molecule has 3 nitrogen and oxygen atoms in total. The second-order valence-corrected chi connectivity index (χ2v) is 4.42. The van der Waals surface area contributed by atoms with Crippen LogP contribution in [0, 0.1) is 10.1 Å². The molecule has 0 aliphatic carbocycles. The maximum Gasteiger partial charge on any atom is 0.270 e. The Bertz CT molecular complexity index is 537. The van der Waals surface area contributed by atoms with Gasteiger partial charge in [0.05, 0.1) is 4.92 Å². The third-order valence-electron chi connectivity index (χ3n) is 2.48. The van der Waals surface area contributed by atoms with Crippen LogP contribution in [-0.4, -0.2) is 11.2 Å². The zero-order valence-corrected chi connectivity index (χ0v) is 10.1. The lowest BCUT2D eigenvalue weighted by atomic mass is 10.1. The highest BCUT2D eigenvalue weighted by Crippen LogP contribution is 2.25. The van der Waals surface area contributed by atoms with Gasteiger partial charge in [0.1, 0.15) is 0 Å². The van der Waals surface area contributed by atoms with Gasteiger partial charge in [0.15, 0.2) is 0 Å². The number of thioether (sulfide) groups is 1. The first kappa shape index (κ1) is 11.7. The van der Waals surface area contributed by atoms with Crippen LogP contribution < -0.4 is 0 Å². The Morgan fingerprint density at radius 2 is 1.76 bits per heavy atom. The van der Waals surface area contributed by atoms with Gasteiger partial charge in [-0.3, -0.25) is 10.1 Å². The molecule has 0 aliphatic rings. The van der Waals surface area contributed by atoms with E-state index in [0.29, 0.717) is 0 Å². The standard InChI is InChI=1S/C13H11NO2S/c1-17-13-7-5-10(6-8-13)11-3-2-4-12(9-11)14(15)16/h2-9H,1H3. The zero-order chi connectivity index (χ0) is 12.3. The highest BCUT2D eigenvalue weighted by atomic mass is 32.2. The van der Waals surface area contributed by atoms with Crippen molar-refractivity contribution in [3.8, 4) is 11.1 Å². The molecule has 4 heteroatoms. The van der Waals surface area contributed by atoms with Crippen molar-refractivity contribution in [3.05, 3.63) is 58.6 Å². The minimum absolute atomic E-state index is 0.122. The molecular weight excluding hydrogens is 234 g/mol. The summed E-state index contributed by atoms with van der Waals surface area (Å²) >= 11 is 1.67. The molecule has 0 bridgehead atoms. The normalized spacial score (nSPS) is 10.2. The van der Waals surface area contributed by atoms with Gasteiger partial charge in [0.2, 0.25) is 0 Å². The Balaban J connectivity index is 2.38. The highest BCUT2D eigenvalue weighted by Gasteiger charge is 2.06.